The molecule has 0 radical (unpaired) electrons. The van der Waals surface area contributed by atoms with E-state index in [1.54, 1.807) is 60.7 Å². The van der Waals surface area contributed by atoms with Crippen LogP contribution in [0.2, 0.25) is 0 Å². The van der Waals surface area contributed by atoms with Crippen molar-refractivity contribution in [1.82, 2.24) is 4.90 Å². The van der Waals surface area contributed by atoms with Gasteiger partial charge in [-0.15, -0.1) is 0 Å². The van der Waals surface area contributed by atoms with Gasteiger partial charge in [0.25, 0.3) is 15.9 Å². The molecule has 0 atom stereocenters. The summed E-state index contributed by atoms with van der Waals surface area (Å²) in [5.74, 6) is -0.381. The fourth-order valence-corrected chi connectivity index (χ4v) is 7.75. The molecule has 2 aliphatic heterocycles. The number of likely N-dealkylation sites (tertiary alicyclic amines) is 1. The normalized spacial score (nSPS) is 16.1. The fourth-order valence-electron chi connectivity index (χ4n) is 5.75. The van der Waals surface area contributed by atoms with Crippen molar-refractivity contribution in [3.63, 3.8) is 0 Å². The van der Waals surface area contributed by atoms with Crippen LogP contribution < -0.4 is 19.7 Å². The van der Waals surface area contributed by atoms with Crippen LogP contribution in [0, 0.1) is 0 Å². The summed E-state index contributed by atoms with van der Waals surface area (Å²) in [6.07, 6.45) is 3.46. The van der Waals surface area contributed by atoms with Crippen molar-refractivity contribution < 1.29 is 21.6 Å². The number of carbonyl (C=O) groups is 1. The molecule has 12 heteroatoms. The Morgan fingerprint density at radius 2 is 1.48 bits per heavy atom. The minimum absolute atomic E-state index is 0.00987. The van der Waals surface area contributed by atoms with Gasteiger partial charge >= 0.3 is 0 Å². The van der Waals surface area contributed by atoms with Crippen LogP contribution in [-0.2, 0) is 24.8 Å². The van der Waals surface area contributed by atoms with Crippen LogP contribution >= 0.6 is 0 Å². The van der Waals surface area contributed by atoms with E-state index in [1.807, 2.05) is 30.3 Å². The molecule has 0 spiro atoms. The third-order valence-corrected chi connectivity index (χ3v) is 10.6. The first-order valence-electron chi connectivity index (χ1n) is 15.0. The van der Waals surface area contributed by atoms with Crippen LogP contribution in [0.15, 0.2) is 108 Å². The van der Waals surface area contributed by atoms with Crippen molar-refractivity contribution in [1.29, 1.82) is 0 Å². The van der Waals surface area contributed by atoms with Gasteiger partial charge in [-0.3, -0.25) is 13.8 Å². The third-order valence-electron chi connectivity index (χ3n) is 8.03. The van der Waals surface area contributed by atoms with Crippen LogP contribution in [0.25, 0.3) is 11.3 Å². The number of nitrogens with one attached hydrogen (secondary N) is 3. The van der Waals surface area contributed by atoms with Gasteiger partial charge in [0, 0.05) is 35.7 Å². The maximum Gasteiger partial charge on any atom is 0.261 e. The summed E-state index contributed by atoms with van der Waals surface area (Å²) in [6, 6.07) is 29.4. The molecular formula is C34H35N5O5S2. The molecule has 0 aromatic heterocycles. The average molecular weight is 658 g/mol. The summed E-state index contributed by atoms with van der Waals surface area (Å²) in [4.78, 5) is 15.8. The largest absolute Gasteiger partial charge is 0.354 e. The summed E-state index contributed by atoms with van der Waals surface area (Å²) in [6.45, 7) is 2.97. The van der Waals surface area contributed by atoms with Gasteiger partial charge in [-0.25, -0.2) is 16.8 Å². The highest BCUT2D eigenvalue weighted by molar-refractivity contribution is 7.92. The second-order valence-corrected chi connectivity index (χ2v) is 14.9. The van der Waals surface area contributed by atoms with Crippen molar-refractivity contribution in [3.05, 3.63) is 114 Å². The molecule has 4 aromatic carbocycles. The Labute approximate surface area is 269 Å². The number of hydrogen-bond acceptors (Lipinski definition) is 7. The molecule has 4 aromatic rings. The van der Waals surface area contributed by atoms with Crippen molar-refractivity contribution in [2.24, 2.45) is 0 Å². The van der Waals surface area contributed by atoms with Gasteiger partial charge in [-0.2, -0.15) is 0 Å². The van der Waals surface area contributed by atoms with Gasteiger partial charge < -0.3 is 15.5 Å². The second kappa shape index (κ2) is 13.0. The quantitative estimate of drug-likeness (QED) is 0.187. The molecule has 0 unspecified atom stereocenters. The van der Waals surface area contributed by atoms with E-state index in [0.29, 0.717) is 52.7 Å². The van der Waals surface area contributed by atoms with E-state index in [0.717, 1.165) is 25.9 Å². The number of rotatable bonds is 11. The SMILES string of the molecule is CS(=O)(=O)N(CCN1CCCC1)c1ccc(N/C(=C2\C(=O)Nc3ccc(S(=O)(=O)Nc4ccccc4)cc32)c2ccccc2)cc1. The number of sulfonamides is 2. The Balaban J connectivity index is 1.34. The Morgan fingerprint density at radius 3 is 2.13 bits per heavy atom. The highest BCUT2D eigenvalue weighted by Crippen LogP contribution is 2.39. The van der Waals surface area contributed by atoms with Gasteiger partial charge in [-0.05, 0) is 86.1 Å². The standard InChI is InChI=1S/C34H35N5O5S2/c1-45(41,42)39(23-22-38-20-8-9-21-38)28-16-14-26(15-17-28)35-33(25-10-4-2-5-11-25)32-30-24-29(18-19-31(30)36-34(32)40)46(43,44)37-27-12-6-3-7-13-27/h2-7,10-19,24,35,37H,8-9,20-23H2,1H3,(H,36,40)/b33-32-. The van der Waals surface area contributed by atoms with Crippen LogP contribution in [-0.4, -0.2) is 60.1 Å². The van der Waals surface area contributed by atoms with Crippen LogP contribution in [0.1, 0.15) is 24.0 Å². The lowest BCUT2D eigenvalue weighted by Gasteiger charge is -2.25. The monoisotopic (exact) mass is 657 g/mol. The van der Waals surface area contributed by atoms with Crippen molar-refractivity contribution in [2.75, 3.05) is 52.1 Å². The molecule has 1 fully saturated rings. The Kier molecular flexibility index (Phi) is 8.85. The van der Waals surface area contributed by atoms with E-state index in [1.165, 1.54) is 22.7 Å². The molecular weight excluding hydrogens is 623 g/mol. The van der Waals surface area contributed by atoms with Gasteiger partial charge in [0.2, 0.25) is 10.0 Å². The number of benzene rings is 4. The molecule has 10 nitrogen and oxygen atoms in total. The molecule has 238 valence electrons. The number of nitrogens with zero attached hydrogens (tertiary/aromatic N) is 2. The molecule has 0 bridgehead atoms. The number of amides is 1. The highest BCUT2D eigenvalue weighted by Gasteiger charge is 2.30. The average Bonchev–Trinajstić information content (AvgIpc) is 3.67. The Hall–Kier alpha value is -4.65. The number of anilines is 4. The zero-order valence-electron chi connectivity index (χ0n) is 25.3. The van der Waals surface area contributed by atoms with Crippen LogP contribution in [0.3, 0.4) is 0 Å². The van der Waals surface area contributed by atoms with Crippen molar-refractivity contribution >= 4 is 60.0 Å². The highest BCUT2D eigenvalue weighted by atomic mass is 32.2. The lowest BCUT2D eigenvalue weighted by molar-refractivity contribution is -0.110. The topological polar surface area (TPSA) is 128 Å². The van der Waals surface area contributed by atoms with Gasteiger partial charge in [0.05, 0.1) is 28.1 Å². The molecule has 3 N–H and O–H groups in total. The first kappa shape index (κ1) is 31.3. The van der Waals surface area contributed by atoms with E-state index >= 15 is 0 Å². The van der Waals surface area contributed by atoms with Crippen molar-refractivity contribution in [3.8, 4) is 0 Å². The van der Waals surface area contributed by atoms with E-state index in [9.17, 15) is 21.6 Å². The van der Waals surface area contributed by atoms with E-state index < -0.39 is 20.0 Å². The molecule has 46 heavy (non-hydrogen) atoms. The smallest absolute Gasteiger partial charge is 0.261 e. The third kappa shape index (κ3) is 6.94. The zero-order valence-corrected chi connectivity index (χ0v) is 26.9. The predicted molar refractivity (Wildman–Crippen MR) is 184 cm³/mol. The summed E-state index contributed by atoms with van der Waals surface area (Å²) < 4.78 is 56.0. The maximum absolute atomic E-state index is 13.5. The second-order valence-electron chi connectivity index (χ2n) is 11.3. The summed E-state index contributed by atoms with van der Waals surface area (Å²) in [7, 11) is -7.46. The summed E-state index contributed by atoms with van der Waals surface area (Å²) in [5.41, 5.74) is 4.00. The maximum atomic E-state index is 13.5. The molecule has 2 aliphatic rings. The van der Waals surface area contributed by atoms with Gasteiger partial charge in [0.1, 0.15) is 0 Å². The molecule has 2 heterocycles. The molecule has 0 saturated carbocycles. The van der Waals surface area contributed by atoms with Crippen LogP contribution in [0.4, 0.5) is 22.7 Å². The Morgan fingerprint density at radius 1 is 0.826 bits per heavy atom. The number of fused-ring (bicyclic) bond motifs is 1. The lowest BCUT2D eigenvalue weighted by Crippen LogP contribution is -2.37. The minimum Gasteiger partial charge on any atom is -0.354 e. The molecule has 1 saturated heterocycles. The van der Waals surface area contributed by atoms with Gasteiger partial charge in [0.15, 0.2) is 0 Å². The van der Waals surface area contributed by atoms with Crippen LogP contribution in [0.5, 0.6) is 0 Å². The zero-order chi connectivity index (χ0) is 32.3. The van der Waals surface area contributed by atoms with Crippen molar-refractivity contribution in [2.45, 2.75) is 17.7 Å². The number of para-hydroxylation sites is 1. The summed E-state index contributed by atoms with van der Waals surface area (Å²) in [5, 5.41) is 6.23. The predicted octanol–water partition coefficient (Wildman–Crippen LogP) is 5.28. The Bertz CT molecular complexity index is 1980. The molecule has 6 rings (SSSR count). The number of carbonyl (C=O) groups excluding carboxylic acids is 1. The molecule has 0 aliphatic carbocycles. The lowest BCUT2D eigenvalue weighted by atomic mass is 10.00. The first-order chi connectivity index (χ1) is 22.1. The minimum atomic E-state index is -3.95. The fraction of sp³-hybridized carbons (Fsp3) is 0.206. The van der Waals surface area contributed by atoms with E-state index in [2.05, 4.69) is 20.3 Å². The summed E-state index contributed by atoms with van der Waals surface area (Å²) >= 11 is 0. The number of hydrogen-bond donors (Lipinski definition) is 3. The van der Waals surface area contributed by atoms with E-state index in [-0.39, 0.29) is 16.4 Å². The van der Waals surface area contributed by atoms with Gasteiger partial charge in [-0.1, -0.05) is 48.5 Å². The van der Waals surface area contributed by atoms with E-state index in [4.69, 9.17) is 0 Å². The first-order valence-corrected chi connectivity index (χ1v) is 18.3. The molecule has 1 amide bonds.